The summed E-state index contributed by atoms with van der Waals surface area (Å²) < 4.78 is 11.2. The van der Waals surface area contributed by atoms with Crippen LogP contribution in [0, 0.1) is 0 Å². The molecule has 37 heavy (non-hydrogen) atoms. The molecule has 0 fully saturated rings. The van der Waals surface area contributed by atoms with Gasteiger partial charge in [-0.2, -0.15) is 0 Å². The van der Waals surface area contributed by atoms with Gasteiger partial charge in [0.2, 0.25) is 0 Å². The first-order chi connectivity index (χ1) is 17.8. The van der Waals surface area contributed by atoms with Crippen molar-refractivity contribution in [2.24, 2.45) is 0 Å². The van der Waals surface area contributed by atoms with Gasteiger partial charge < -0.3 is 9.47 Å². The molecule has 0 aliphatic heterocycles. The standard InChI is InChI=1S/C32H37NO4/c1-32(2,3)37-30(34)22-14-13-21-29(31(35)36-25-28-19-11-6-12-20-28)33(23-26-15-7-4-8-16-26)24-27-17-9-5-10-18-27/h4-12,14-20,22,29H,13,21,23-25H2,1-3H3/b22-14+/t29-/m0/s1. The van der Waals surface area contributed by atoms with Crippen LogP contribution in [0.2, 0.25) is 0 Å². The summed E-state index contributed by atoms with van der Waals surface area (Å²) in [6, 6.07) is 29.4. The van der Waals surface area contributed by atoms with E-state index in [1.54, 1.807) is 6.08 Å². The lowest BCUT2D eigenvalue weighted by Crippen LogP contribution is -2.41. The quantitative estimate of drug-likeness (QED) is 0.211. The topological polar surface area (TPSA) is 55.8 Å². The molecule has 0 amide bonds. The fourth-order valence-corrected chi connectivity index (χ4v) is 3.96. The fourth-order valence-electron chi connectivity index (χ4n) is 3.96. The molecule has 3 aromatic carbocycles. The zero-order chi connectivity index (χ0) is 26.5. The number of hydrogen-bond acceptors (Lipinski definition) is 5. The molecule has 3 aromatic rings. The molecule has 0 spiro atoms. The van der Waals surface area contributed by atoms with Crippen LogP contribution >= 0.6 is 0 Å². The van der Waals surface area contributed by atoms with E-state index in [2.05, 4.69) is 29.2 Å². The molecule has 194 valence electrons. The highest BCUT2D eigenvalue weighted by molar-refractivity contribution is 5.82. The van der Waals surface area contributed by atoms with Gasteiger partial charge in [0.15, 0.2) is 0 Å². The summed E-state index contributed by atoms with van der Waals surface area (Å²) in [7, 11) is 0. The van der Waals surface area contributed by atoms with E-state index in [0.29, 0.717) is 25.9 Å². The maximum Gasteiger partial charge on any atom is 0.330 e. The molecule has 0 saturated heterocycles. The van der Waals surface area contributed by atoms with Crippen molar-refractivity contribution < 1.29 is 19.1 Å². The second-order valence-electron chi connectivity index (χ2n) is 10.00. The molecule has 0 N–H and O–H groups in total. The van der Waals surface area contributed by atoms with E-state index in [1.165, 1.54) is 6.08 Å². The molecular weight excluding hydrogens is 462 g/mol. The first-order valence-electron chi connectivity index (χ1n) is 12.7. The van der Waals surface area contributed by atoms with Gasteiger partial charge in [-0.15, -0.1) is 0 Å². The summed E-state index contributed by atoms with van der Waals surface area (Å²) in [5, 5.41) is 0. The first kappa shape index (κ1) is 27.9. The average molecular weight is 500 g/mol. The molecule has 3 rings (SSSR count). The van der Waals surface area contributed by atoms with Gasteiger partial charge in [0.05, 0.1) is 0 Å². The molecule has 0 aromatic heterocycles. The van der Waals surface area contributed by atoms with Crippen LogP contribution in [-0.2, 0) is 38.8 Å². The zero-order valence-corrected chi connectivity index (χ0v) is 22.0. The Bertz CT molecular complexity index is 1080. The van der Waals surface area contributed by atoms with Crippen LogP contribution in [0.5, 0.6) is 0 Å². The second kappa shape index (κ2) is 14.1. The number of nitrogens with zero attached hydrogens (tertiary/aromatic N) is 1. The molecule has 0 aliphatic rings. The lowest BCUT2D eigenvalue weighted by molar-refractivity contribution is -0.152. The predicted octanol–water partition coefficient (Wildman–Crippen LogP) is 6.48. The molecule has 5 nitrogen and oxygen atoms in total. The lowest BCUT2D eigenvalue weighted by Gasteiger charge is -2.30. The molecule has 0 saturated carbocycles. The Hall–Kier alpha value is -3.70. The Morgan fingerprint density at radius 2 is 1.27 bits per heavy atom. The minimum atomic E-state index is -0.548. The van der Waals surface area contributed by atoms with Crippen molar-refractivity contribution in [3.63, 3.8) is 0 Å². The van der Waals surface area contributed by atoms with Crippen LogP contribution in [0.15, 0.2) is 103 Å². The number of hydrogen-bond donors (Lipinski definition) is 0. The summed E-state index contributed by atoms with van der Waals surface area (Å²) in [5.41, 5.74) is 2.62. The highest BCUT2D eigenvalue weighted by Gasteiger charge is 2.27. The van der Waals surface area contributed by atoms with E-state index in [4.69, 9.17) is 9.47 Å². The van der Waals surface area contributed by atoms with Gasteiger partial charge in [-0.05, 0) is 50.3 Å². The van der Waals surface area contributed by atoms with Crippen LogP contribution in [0.3, 0.4) is 0 Å². The van der Waals surface area contributed by atoms with E-state index in [1.807, 2.05) is 87.5 Å². The number of ether oxygens (including phenoxy) is 2. The molecule has 0 unspecified atom stereocenters. The van der Waals surface area contributed by atoms with E-state index >= 15 is 0 Å². The monoisotopic (exact) mass is 499 g/mol. The van der Waals surface area contributed by atoms with Gasteiger partial charge in [0, 0.05) is 19.2 Å². The number of carbonyl (C=O) groups is 2. The number of rotatable bonds is 12. The number of carbonyl (C=O) groups excluding carboxylic acids is 2. The molecule has 0 heterocycles. The van der Waals surface area contributed by atoms with Gasteiger partial charge >= 0.3 is 11.9 Å². The predicted molar refractivity (Wildman–Crippen MR) is 146 cm³/mol. The largest absolute Gasteiger partial charge is 0.460 e. The third-order valence-electron chi connectivity index (χ3n) is 5.66. The first-order valence-corrected chi connectivity index (χ1v) is 12.7. The number of benzene rings is 3. The SMILES string of the molecule is CC(C)(C)OC(=O)/C=C/CC[C@@H](C(=O)OCc1ccccc1)N(Cc1ccccc1)Cc1ccccc1. The summed E-state index contributed by atoms with van der Waals surface area (Å²) in [5.74, 6) is -0.664. The summed E-state index contributed by atoms with van der Waals surface area (Å²) in [6.07, 6.45) is 4.25. The van der Waals surface area contributed by atoms with Crippen molar-refractivity contribution in [3.05, 3.63) is 120 Å². The van der Waals surface area contributed by atoms with Gasteiger partial charge in [-0.1, -0.05) is 97.1 Å². The zero-order valence-electron chi connectivity index (χ0n) is 22.0. The summed E-state index contributed by atoms with van der Waals surface area (Å²) in [4.78, 5) is 27.7. The lowest BCUT2D eigenvalue weighted by atomic mass is 10.1. The van der Waals surface area contributed by atoms with Crippen LogP contribution in [0.4, 0.5) is 0 Å². The van der Waals surface area contributed by atoms with Crippen LogP contribution in [0.25, 0.3) is 0 Å². The van der Waals surface area contributed by atoms with Gasteiger partial charge in [0.1, 0.15) is 18.2 Å². The third kappa shape index (κ3) is 10.4. The molecule has 0 aliphatic carbocycles. The fraction of sp³-hybridized carbons (Fsp3) is 0.312. The average Bonchev–Trinajstić information content (AvgIpc) is 2.88. The maximum atomic E-state index is 13.5. The van der Waals surface area contributed by atoms with E-state index in [-0.39, 0.29) is 18.5 Å². The molecular formula is C32H37NO4. The van der Waals surface area contributed by atoms with Crippen molar-refractivity contribution in [1.82, 2.24) is 4.90 Å². The van der Waals surface area contributed by atoms with Crippen LogP contribution in [0.1, 0.15) is 50.3 Å². The Labute approximate surface area is 220 Å². The molecule has 5 heteroatoms. The van der Waals surface area contributed by atoms with E-state index in [9.17, 15) is 9.59 Å². The normalized spacial score (nSPS) is 12.4. The Kier molecular flexibility index (Phi) is 10.7. The van der Waals surface area contributed by atoms with E-state index < -0.39 is 11.6 Å². The maximum absolute atomic E-state index is 13.5. The van der Waals surface area contributed by atoms with Crippen molar-refractivity contribution in [3.8, 4) is 0 Å². The van der Waals surface area contributed by atoms with Gasteiger partial charge in [-0.25, -0.2) is 4.79 Å². The van der Waals surface area contributed by atoms with Crippen LogP contribution < -0.4 is 0 Å². The second-order valence-corrected chi connectivity index (χ2v) is 10.00. The minimum absolute atomic E-state index is 0.217. The van der Waals surface area contributed by atoms with Gasteiger partial charge in [-0.3, -0.25) is 9.69 Å². The highest BCUT2D eigenvalue weighted by Crippen LogP contribution is 2.19. The van der Waals surface area contributed by atoms with Crippen LogP contribution in [-0.4, -0.2) is 28.5 Å². The minimum Gasteiger partial charge on any atom is -0.460 e. The van der Waals surface area contributed by atoms with Gasteiger partial charge in [0.25, 0.3) is 0 Å². The van der Waals surface area contributed by atoms with Crippen molar-refractivity contribution in [2.75, 3.05) is 0 Å². The number of allylic oxidation sites excluding steroid dienone is 1. The molecule has 0 bridgehead atoms. The Balaban J connectivity index is 1.79. The molecule has 1 atom stereocenters. The smallest absolute Gasteiger partial charge is 0.330 e. The van der Waals surface area contributed by atoms with Crippen molar-refractivity contribution in [2.45, 2.75) is 65.0 Å². The number of esters is 2. The molecule has 0 radical (unpaired) electrons. The third-order valence-corrected chi connectivity index (χ3v) is 5.66. The Morgan fingerprint density at radius 3 is 1.76 bits per heavy atom. The highest BCUT2D eigenvalue weighted by atomic mass is 16.6. The van der Waals surface area contributed by atoms with Crippen molar-refractivity contribution in [1.29, 1.82) is 0 Å². The Morgan fingerprint density at radius 1 is 0.784 bits per heavy atom. The summed E-state index contributed by atoms with van der Waals surface area (Å²) in [6.45, 7) is 6.91. The van der Waals surface area contributed by atoms with Crippen molar-refractivity contribution >= 4 is 11.9 Å². The van der Waals surface area contributed by atoms with E-state index in [0.717, 1.165) is 16.7 Å². The summed E-state index contributed by atoms with van der Waals surface area (Å²) >= 11 is 0.